The van der Waals surface area contributed by atoms with Crippen molar-refractivity contribution >= 4 is 5.69 Å². The average Bonchev–Trinajstić information content (AvgIpc) is 2.30. The molecule has 2 rings (SSSR count). The number of hydrogen-bond acceptors (Lipinski definition) is 2. The van der Waals surface area contributed by atoms with Crippen LogP contribution in [-0.2, 0) is 0 Å². The smallest absolute Gasteiger partial charge is 0.0368 e. The molecular weight excluding hydrogens is 220 g/mol. The fourth-order valence-corrected chi connectivity index (χ4v) is 2.83. The lowest BCUT2D eigenvalue weighted by Gasteiger charge is -2.41. The second kappa shape index (κ2) is 4.93. The lowest BCUT2D eigenvalue weighted by Crippen LogP contribution is -2.52. The fraction of sp³-hybridized carbons (Fsp3) is 0.625. The molecule has 1 aromatic carbocycles. The summed E-state index contributed by atoms with van der Waals surface area (Å²) in [4.78, 5) is 2.45. The van der Waals surface area contributed by atoms with Crippen LogP contribution in [0.25, 0.3) is 0 Å². The molecule has 0 saturated carbocycles. The Morgan fingerprint density at radius 3 is 2.56 bits per heavy atom. The number of piperidine rings is 1. The summed E-state index contributed by atoms with van der Waals surface area (Å²) in [5.41, 5.74) is 4.36. The van der Waals surface area contributed by atoms with Gasteiger partial charge in [-0.2, -0.15) is 0 Å². The van der Waals surface area contributed by atoms with Crippen molar-refractivity contribution in [3.05, 3.63) is 29.3 Å². The molecule has 1 aromatic rings. The number of aryl methyl sites for hydroxylation is 2. The maximum atomic E-state index is 3.59. The van der Waals surface area contributed by atoms with Gasteiger partial charge >= 0.3 is 0 Å². The van der Waals surface area contributed by atoms with Gasteiger partial charge in [-0.3, -0.25) is 0 Å². The van der Waals surface area contributed by atoms with Crippen LogP contribution in [0.3, 0.4) is 0 Å². The minimum absolute atomic E-state index is 0.261. The Morgan fingerprint density at radius 1 is 1.22 bits per heavy atom. The maximum absolute atomic E-state index is 3.59. The van der Waals surface area contributed by atoms with Crippen molar-refractivity contribution in [3.8, 4) is 0 Å². The minimum atomic E-state index is 0.261. The number of nitrogens with one attached hydrogen (secondary N) is 1. The zero-order valence-corrected chi connectivity index (χ0v) is 12.4. The Hall–Kier alpha value is -1.02. The van der Waals surface area contributed by atoms with Crippen LogP contribution in [0.5, 0.6) is 0 Å². The Morgan fingerprint density at radius 2 is 1.94 bits per heavy atom. The lowest BCUT2D eigenvalue weighted by atomic mass is 9.88. The summed E-state index contributed by atoms with van der Waals surface area (Å²) in [5, 5.41) is 3.59. The predicted molar refractivity (Wildman–Crippen MR) is 79.4 cm³/mol. The summed E-state index contributed by atoms with van der Waals surface area (Å²) in [6, 6.07) is 7.43. The van der Waals surface area contributed by atoms with Crippen molar-refractivity contribution in [2.24, 2.45) is 0 Å². The van der Waals surface area contributed by atoms with Crippen molar-refractivity contribution in [2.75, 3.05) is 18.5 Å². The highest BCUT2D eigenvalue weighted by Gasteiger charge is 2.29. The molecule has 1 atom stereocenters. The molecule has 18 heavy (non-hydrogen) atoms. The summed E-state index contributed by atoms with van der Waals surface area (Å²) in [5.74, 6) is 0. The van der Waals surface area contributed by atoms with E-state index in [1.54, 1.807) is 0 Å². The van der Waals surface area contributed by atoms with Gasteiger partial charge in [0.2, 0.25) is 0 Å². The van der Waals surface area contributed by atoms with Crippen LogP contribution in [-0.4, -0.2) is 25.2 Å². The molecule has 0 radical (unpaired) electrons. The van der Waals surface area contributed by atoms with Crippen LogP contribution >= 0.6 is 0 Å². The lowest BCUT2D eigenvalue weighted by molar-refractivity contribution is 0.271. The quantitative estimate of drug-likeness (QED) is 0.861. The molecule has 1 unspecified atom stereocenters. The molecule has 2 nitrogen and oxygen atoms in total. The van der Waals surface area contributed by atoms with Gasteiger partial charge in [-0.05, 0) is 70.3 Å². The predicted octanol–water partition coefficient (Wildman–Crippen LogP) is 3.27. The van der Waals surface area contributed by atoms with Crippen molar-refractivity contribution in [1.29, 1.82) is 0 Å². The first-order valence-corrected chi connectivity index (χ1v) is 6.94. The molecule has 0 amide bonds. The van der Waals surface area contributed by atoms with Crippen molar-refractivity contribution < 1.29 is 0 Å². The second-order valence-corrected chi connectivity index (χ2v) is 6.34. The van der Waals surface area contributed by atoms with Crippen LogP contribution in [0, 0.1) is 13.8 Å². The minimum Gasteiger partial charge on any atom is -0.371 e. The average molecular weight is 246 g/mol. The van der Waals surface area contributed by atoms with E-state index in [4.69, 9.17) is 0 Å². The van der Waals surface area contributed by atoms with Gasteiger partial charge in [0.25, 0.3) is 0 Å². The standard InChI is InChI=1S/C16H26N2/c1-12-6-7-14(10-13(12)2)18(5)15-8-9-17-16(3,4)11-15/h6-7,10,15,17H,8-9,11H2,1-5H3. The molecule has 1 aliphatic rings. The third kappa shape index (κ3) is 2.86. The number of rotatable bonds is 2. The summed E-state index contributed by atoms with van der Waals surface area (Å²) < 4.78 is 0. The van der Waals surface area contributed by atoms with E-state index in [2.05, 4.69) is 63.2 Å². The van der Waals surface area contributed by atoms with E-state index in [0.717, 1.165) is 6.54 Å². The van der Waals surface area contributed by atoms with E-state index in [9.17, 15) is 0 Å². The van der Waals surface area contributed by atoms with E-state index in [1.807, 2.05) is 0 Å². The third-order valence-corrected chi connectivity index (χ3v) is 4.27. The van der Waals surface area contributed by atoms with Gasteiger partial charge in [0, 0.05) is 24.3 Å². The summed E-state index contributed by atoms with van der Waals surface area (Å²) in [7, 11) is 2.23. The molecule has 1 N–H and O–H groups in total. The molecule has 0 spiro atoms. The topological polar surface area (TPSA) is 15.3 Å². The van der Waals surface area contributed by atoms with Gasteiger partial charge in [0.05, 0.1) is 0 Å². The van der Waals surface area contributed by atoms with Crippen molar-refractivity contribution in [3.63, 3.8) is 0 Å². The zero-order chi connectivity index (χ0) is 13.3. The SMILES string of the molecule is Cc1ccc(N(C)C2CCNC(C)(C)C2)cc1C. The van der Waals surface area contributed by atoms with Crippen LogP contribution in [0.4, 0.5) is 5.69 Å². The highest BCUT2D eigenvalue weighted by atomic mass is 15.2. The van der Waals surface area contributed by atoms with E-state index < -0.39 is 0 Å². The first-order chi connectivity index (χ1) is 8.39. The number of anilines is 1. The molecule has 2 heteroatoms. The van der Waals surface area contributed by atoms with Gasteiger partial charge < -0.3 is 10.2 Å². The fourth-order valence-electron chi connectivity index (χ4n) is 2.83. The van der Waals surface area contributed by atoms with E-state index >= 15 is 0 Å². The van der Waals surface area contributed by atoms with E-state index in [-0.39, 0.29) is 5.54 Å². The highest BCUT2D eigenvalue weighted by molar-refractivity contribution is 5.51. The Bertz CT molecular complexity index is 423. The van der Waals surface area contributed by atoms with E-state index in [1.165, 1.54) is 29.7 Å². The maximum Gasteiger partial charge on any atom is 0.0368 e. The Labute approximate surface area is 111 Å². The van der Waals surface area contributed by atoms with Gasteiger partial charge in [0.15, 0.2) is 0 Å². The van der Waals surface area contributed by atoms with Crippen molar-refractivity contribution in [2.45, 2.75) is 52.1 Å². The molecule has 0 aromatic heterocycles. The largest absolute Gasteiger partial charge is 0.371 e. The molecule has 0 aliphatic carbocycles. The molecule has 1 heterocycles. The number of nitrogens with zero attached hydrogens (tertiary/aromatic N) is 1. The van der Waals surface area contributed by atoms with Gasteiger partial charge in [-0.1, -0.05) is 6.07 Å². The van der Waals surface area contributed by atoms with Gasteiger partial charge in [-0.15, -0.1) is 0 Å². The first-order valence-electron chi connectivity index (χ1n) is 6.94. The molecule has 1 aliphatic heterocycles. The van der Waals surface area contributed by atoms with Crippen LogP contribution < -0.4 is 10.2 Å². The molecule has 0 bridgehead atoms. The highest BCUT2D eigenvalue weighted by Crippen LogP contribution is 2.27. The zero-order valence-electron chi connectivity index (χ0n) is 12.4. The van der Waals surface area contributed by atoms with Crippen LogP contribution in [0.1, 0.15) is 37.8 Å². The van der Waals surface area contributed by atoms with Gasteiger partial charge in [0.1, 0.15) is 0 Å². The molecule has 1 saturated heterocycles. The summed E-state index contributed by atoms with van der Waals surface area (Å²) in [6.45, 7) is 10.1. The third-order valence-electron chi connectivity index (χ3n) is 4.27. The molecule has 100 valence electrons. The van der Waals surface area contributed by atoms with E-state index in [0.29, 0.717) is 6.04 Å². The summed E-state index contributed by atoms with van der Waals surface area (Å²) >= 11 is 0. The van der Waals surface area contributed by atoms with Gasteiger partial charge in [-0.25, -0.2) is 0 Å². The monoisotopic (exact) mass is 246 g/mol. The van der Waals surface area contributed by atoms with Crippen LogP contribution in [0.15, 0.2) is 18.2 Å². The normalized spacial score (nSPS) is 22.8. The Kier molecular flexibility index (Phi) is 3.67. The molecule has 1 fully saturated rings. The number of hydrogen-bond donors (Lipinski definition) is 1. The van der Waals surface area contributed by atoms with Crippen LogP contribution in [0.2, 0.25) is 0 Å². The first kappa shape index (κ1) is 13.4. The van der Waals surface area contributed by atoms with Crippen molar-refractivity contribution in [1.82, 2.24) is 5.32 Å². The Balaban J connectivity index is 2.15. The summed E-state index contributed by atoms with van der Waals surface area (Å²) in [6.07, 6.45) is 2.43. The number of benzene rings is 1. The second-order valence-electron chi connectivity index (χ2n) is 6.34. The molecular formula is C16H26N2.